The van der Waals surface area contributed by atoms with Crippen molar-refractivity contribution in [3.8, 4) is 0 Å². The average Bonchev–Trinajstić information content (AvgIpc) is 2.85. The van der Waals surface area contributed by atoms with E-state index in [9.17, 15) is 17.2 Å². The molecular formula is C12H13F2N3O2S2. The van der Waals surface area contributed by atoms with E-state index >= 15 is 0 Å². The molecule has 0 saturated carbocycles. The zero-order chi connectivity index (χ0) is 15.6. The minimum Gasteiger partial charge on any atom is -0.326 e. The molecule has 0 aliphatic carbocycles. The van der Waals surface area contributed by atoms with Gasteiger partial charge < -0.3 is 5.73 Å². The second-order valence-electron chi connectivity index (χ2n) is 4.26. The van der Waals surface area contributed by atoms with Gasteiger partial charge in [0.2, 0.25) is 10.0 Å². The number of nitrogens with one attached hydrogen (secondary N) is 1. The van der Waals surface area contributed by atoms with E-state index in [2.05, 4.69) is 9.71 Å². The zero-order valence-corrected chi connectivity index (χ0v) is 12.7. The van der Waals surface area contributed by atoms with E-state index in [0.29, 0.717) is 4.88 Å². The molecule has 1 aromatic carbocycles. The Bertz CT molecular complexity index is 760. The molecule has 0 aliphatic rings. The molecule has 0 fully saturated rings. The summed E-state index contributed by atoms with van der Waals surface area (Å²) < 4.78 is 53.5. The van der Waals surface area contributed by atoms with Crippen LogP contribution >= 0.6 is 11.3 Å². The predicted molar refractivity (Wildman–Crippen MR) is 75.1 cm³/mol. The van der Waals surface area contributed by atoms with Gasteiger partial charge in [-0.15, -0.1) is 11.3 Å². The van der Waals surface area contributed by atoms with Crippen LogP contribution in [0.15, 0.2) is 23.2 Å². The summed E-state index contributed by atoms with van der Waals surface area (Å²) in [5.41, 5.74) is 5.53. The summed E-state index contributed by atoms with van der Waals surface area (Å²) in [6, 6.07) is 1.90. The number of nitrogens with two attached hydrogens (primary N) is 1. The van der Waals surface area contributed by atoms with Gasteiger partial charge in [-0.2, -0.15) is 0 Å². The first-order chi connectivity index (χ1) is 9.83. The highest BCUT2D eigenvalue weighted by molar-refractivity contribution is 7.89. The number of aromatic nitrogens is 1. The van der Waals surface area contributed by atoms with Gasteiger partial charge >= 0.3 is 0 Å². The van der Waals surface area contributed by atoms with Crippen LogP contribution in [0.2, 0.25) is 0 Å². The maximum Gasteiger partial charge on any atom is 0.243 e. The number of hydrogen-bond acceptors (Lipinski definition) is 5. The van der Waals surface area contributed by atoms with Gasteiger partial charge in [0, 0.05) is 24.2 Å². The van der Waals surface area contributed by atoms with Crippen LogP contribution in [-0.2, 0) is 23.1 Å². The maximum absolute atomic E-state index is 13.7. The molecule has 0 aliphatic heterocycles. The van der Waals surface area contributed by atoms with E-state index in [1.807, 2.05) is 0 Å². The highest BCUT2D eigenvalue weighted by Gasteiger charge is 2.22. The molecule has 2 rings (SSSR count). The van der Waals surface area contributed by atoms with E-state index in [-0.39, 0.29) is 18.7 Å². The lowest BCUT2D eigenvalue weighted by atomic mass is 10.2. The van der Waals surface area contributed by atoms with Gasteiger partial charge in [0.1, 0.15) is 4.90 Å². The van der Waals surface area contributed by atoms with Crippen LogP contribution in [-0.4, -0.2) is 13.4 Å². The van der Waals surface area contributed by atoms with E-state index in [1.54, 1.807) is 6.92 Å². The molecular weight excluding hydrogens is 320 g/mol. The Balaban J connectivity index is 2.29. The van der Waals surface area contributed by atoms with E-state index in [1.165, 1.54) is 17.5 Å². The number of hydrogen-bond donors (Lipinski definition) is 2. The lowest BCUT2D eigenvalue weighted by Gasteiger charge is -2.09. The molecule has 0 unspecified atom stereocenters. The van der Waals surface area contributed by atoms with Crippen LogP contribution in [0.25, 0.3) is 0 Å². The molecule has 114 valence electrons. The molecule has 0 atom stereocenters. The molecule has 0 amide bonds. The van der Waals surface area contributed by atoms with Crippen molar-refractivity contribution >= 4 is 21.4 Å². The summed E-state index contributed by atoms with van der Waals surface area (Å²) in [4.78, 5) is 3.91. The SMILES string of the molecule is Cc1ncc(CNS(=O)(=O)c2cc(CN)cc(F)c2F)s1. The molecule has 1 aromatic heterocycles. The molecule has 0 spiro atoms. The van der Waals surface area contributed by atoms with Crippen molar-refractivity contribution in [3.63, 3.8) is 0 Å². The van der Waals surface area contributed by atoms with Crippen LogP contribution in [0.3, 0.4) is 0 Å². The van der Waals surface area contributed by atoms with Crippen LogP contribution < -0.4 is 10.5 Å². The Labute approximate surface area is 124 Å². The van der Waals surface area contributed by atoms with Gasteiger partial charge in [0.15, 0.2) is 11.6 Å². The molecule has 0 radical (unpaired) electrons. The van der Waals surface area contributed by atoms with Crippen LogP contribution in [0.1, 0.15) is 15.4 Å². The van der Waals surface area contributed by atoms with Crippen molar-refractivity contribution in [2.75, 3.05) is 0 Å². The van der Waals surface area contributed by atoms with Crippen molar-refractivity contribution in [2.45, 2.75) is 24.9 Å². The lowest BCUT2D eigenvalue weighted by molar-refractivity contribution is 0.481. The monoisotopic (exact) mass is 333 g/mol. The highest BCUT2D eigenvalue weighted by Crippen LogP contribution is 2.20. The maximum atomic E-state index is 13.7. The van der Waals surface area contributed by atoms with E-state index < -0.39 is 26.6 Å². The number of sulfonamides is 1. The van der Waals surface area contributed by atoms with Gasteiger partial charge in [-0.1, -0.05) is 0 Å². The van der Waals surface area contributed by atoms with Crippen LogP contribution in [0.5, 0.6) is 0 Å². The van der Waals surface area contributed by atoms with Crippen molar-refractivity contribution in [2.24, 2.45) is 5.73 Å². The minimum atomic E-state index is -4.18. The fourth-order valence-corrected chi connectivity index (χ4v) is 3.63. The molecule has 3 N–H and O–H groups in total. The fourth-order valence-electron chi connectivity index (χ4n) is 1.66. The molecule has 0 saturated heterocycles. The van der Waals surface area contributed by atoms with Crippen LogP contribution in [0.4, 0.5) is 8.78 Å². The molecule has 5 nitrogen and oxygen atoms in total. The third-order valence-electron chi connectivity index (χ3n) is 2.69. The Hall–Kier alpha value is -1.42. The first kappa shape index (κ1) is 16.0. The smallest absolute Gasteiger partial charge is 0.243 e. The highest BCUT2D eigenvalue weighted by atomic mass is 32.2. The number of thiazole rings is 1. The molecule has 9 heteroatoms. The number of benzene rings is 1. The molecule has 1 heterocycles. The van der Waals surface area contributed by atoms with Crippen molar-refractivity contribution in [3.05, 3.63) is 45.4 Å². The predicted octanol–water partition coefficient (Wildman–Crippen LogP) is 1.67. The summed E-state index contributed by atoms with van der Waals surface area (Å²) >= 11 is 1.31. The third kappa shape index (κ3) is 3.62. The average molecular weight is 333 g/mol. The number of halogens is 2. The molecule has 21 heavy (non-hydrogen) atoms. The Morgan fingerprint density at radius 2 is 2.10 bits per heavy atom. The van der Waals surface area contributed by atoms with Gasteiger partial charge in [-0.05, 0) is 24.6 Å². The summed E-state index contributed by atoms with van der Waals surface area (Å²) in [6.45, 7) is 1.65. The Morgan fingerprint density at radius 1 is 1.38 bits per heavy atom. The largest absolute Gasteiger partial charge is 0.326 e. The van der Waals surface area contributed by atoms with Gasteiger partial charge in [-0.3, -0.25) is 0 Å². The zero-order valence-electron chi connectivity index (χ0n) is 11.1. The summed E-state index contributed by atoms with van der Waals surface area (Å²) in [7, 11) is -4.18. The van der Waals surface area contributed by atoms with Gasteiger partial charge in [0.25, 0.3) is 0 Å². The number of nitrogens with zero attached hydrogens (tertiary/aromatic N) is 1. The normalized spacial score (nSPS) is 11.8. The molecule has 0 bridgehead atoms. The lowest BCUT2D eigenvalue weighted by Crippen LogP contribution is -2.24. The minimum absolute atomic E-state index is 0.0399. The third-order valence-corrected chi connectivity index (χ3v) is 5.00. The van der Waals surface area contributed by atoms with Crippen LogP contribution in [0, 0.1) is 18.6 Å². The number of rotatable bonds is 5. The standard InChI is InChI=1S/C12H13F2N3O2S2/c1-7-16-5-9(20-7)6-17-21(18,19)11-3-8(4-15)2-10(13)12(11)14/h2-3,5,17H,4,6,15H2,1H3. The quantitative estimate of drug-likeness (QED) is 0.871. The summed E-state index contributed by atoms with van der Waals surface area (Å²) in [5.74, 6) is -2.66. The van der Waals surface area contributed by atoms with Crippen molar-refractivity contribution < 1.29 is 17.2 Å². The number of aryl methyl sites for hydroxylation is 1. The van der Waals surface area contributed by atoms with E-state index in [4.69, 9.17) is 5.73 Å². The second kappa shape index (κ2) is 6.14. The first-order valence-electron chi connectivity index (χ1n) is 5.92. The second-order valence-corrected chi connectivity index (χ2v) is 7.32. The van der Waals surface area contributed by atoms with Gasteiger partial charge in [-0.25, -0.2) is 26.9 Å². The van der Waals surface area contributed by atoms with Crippen molar-refractivity contribution in [1.82, 2.24) is 9.71 Å². The molecule has 2 aromatic rings. The Kier molecular flexibility index (Phi) is 4.67. The fraction of sp³-hybridized carbons (Fsp3) is 0.250. The van der Waals surface area contributed by atoms with Gasteiger partial charge in [0.05, 0.1) is 5.01 Å². The van der Waals surface area contributed by atoms with Crippen molar-refractivity contribution in [1.29, 1.82) is 0 Å². The topological polar surface area (TPSA) is 85.1 Å². The summed E-state index contributed by atoms with van der Waals surface area (Å²) in [6.07, 6.45) is 1.52. The van der Waals surface area contributed by atoms with E-state index in [0.717, 1.165) is 17.1 Å². The summed E-state index contributed by atoms with van der Waals surface area (Å²) in [5, 5.41) is 0.784. The Morgan fingerprint density at radius 3 is 2.67 bits per heavy atom. The first-order valence-corrected chi connectivity index (χ1v) is 8.22.